The number of carbonyl (C=O) groups excluding carboxylic acids is 3. The van der Waals surface area contributed by atoms with Crippen molar-refractivity contribution in [3.05, 3.63) is 77.0 Å². The molecular weight excluding hydrogens is 386 g/mol. The molecule has 0 aliphatic rings. The number of carbonyl (C=O) groups is 3. The molecule has 0 bridgehead atoms. The van der Waals surface area contributed by atoms with E-state index in [-0.39, 0.29) is 5.91 Å². The van der Waals surface area contributed by atoms with E-state index in [2.05, 4.69) is 10.6 Å². The first-order valence-electron chi connectivity index (χ1n) is 9.37. The molecule has 3 aromatic rings. The molecule has 0 fully saturated rings. The fourth-order valence-electron chi connectivity index (χ4n) is 3.10. The maximum atomic E-state index is 12.5. The first kappa shape index (κ1) is 20.9. The number of ether oxygens (including phenoxy) is 1. The third-order valence-corrected chi connectivity index (χ3v) is 4.66. The van der Waals surface area contributed by atoms with Gasteiger partial charge in [-0.2, -0.15) is 0 Å². The third kappa shape index (κ3) is 4.78. The van der Waals surface area contributed by atoms with E-state index in [0.29, 0.717) is 23.4 Å². The third-order valence-electron chi connectivity index (χ3n) is 4.66. The predicted molar refractivity (Wildman–Crippen MR) is 110 cm³/mol. The molecular formula is C22H23N3O5. The van der Waals surface area contributed by atoms with E-state index < -0.39 is 18.5 Å². The van der Waals surface area contributed by atoms with E-state index in [0.717, 1.165) is 17.1 Å². The number of nitrogens with zero attached hydrogens (tertiary/aromatic N) is 1. The van der Waals surface area contributed by atoms with Crippen molar-refractivity contribution >= 4 is 23.5 Å². The summed E-state index contributed by atoms with van der Waals surface area (Å²) in [6, 6.07) is 11.9. The summed E-state index contributed by atoms with van der Waals surface area (Å²) < 4.78 is 12.5. The van der Waals surface area contributed by atoms with Crippen LogP contribution in [0.15, 0.2) is 53.1 Å². The lowest BCUT2D eigenvalue weighted by atomic mass is 10.2. The molecule has 2 amide bonds. The molecule has 0 saturated carbocycles. The Balaban J connectivity index is 1.60. The van der Waals surface area contributed by atoms with Gasteiger partial charge in [-0.05, 0) is 50.2 Å². The zero-order chi connectivity index (χ0) is 21.7. The highest BCUT2D eigenvalue weighted by molar-refractivity contribution is 5.98. The van der Waals surface area contributed by atoms with Gasteiger partial charge in [0.1, 0.15) is 5.76 Å². The minimum absolute atomic E-state index is 0.262. The minimum Gasteiger partial charge on any atom is -0.467 e. The standard InChI is InChI=1S/C22H23N3O5/c1-14-10-19(15(2)25(14)12-18-8-5-9-29-18)22(28)30-13-20(26)24-17-7-4-6-16(11-17)21(27)23-3/h4-11H,12-13H2,1-3H3,(H,23,27)(H,24,26). The average Bonchev–Trinajstić information content (AvgIpc) is 3.35. The maximum absolute atomic E-state index is 12.5. The predicted octanol–water partition coefficient (Wildman–Crippen LogP) is 2.90. The molecule has 0 radical (unpaired) electrons. The molecule has 0 unspecified atom stereocenters. The summed E-state index contributed by atoms with van der Waals surface area (Å²) in [5.74, 6) is -0.567. The molecule has 2 heterocycles. The summed E-state index contributed by atoms with van der Waals surface area (Å²) in [7, 11) is 1.53. The van der Waals surface area contributed by atoms with Gasteiger partial charge < -0.3 is 24.4 Å². The molecule has 2 aromatic heterocycles. The Labute approximate surface area is 173 Å². The minimum atomic E-state index is -0.581. The fourth-order valence-corrected chi connectivity index (χ4v) is 3.10. The van der Waals surface area contributed by atoms with Crippen LogP contribution in [0.4, 0.5) is 5.69 Å². The van der Waals surface area contributed by atoms with Crippen molar-refractivity contribution in [1.29, 1.82) is 0 Å². The van der Waals surface area contributed by atoms with E-state index in [9.17, 15) is 14.4 Å². The van der Waals surface area contributed by atoms with E-state index in [1.165, 1.54) is 7.05 Å². The van der Waals surface area contributed by atoms with Gasteiger partial charge in [0.25, 0.3) is 11.8 Å². The summed E-state index contributed by atoms with van der Waals surface area (Å²) in [4.78, 5) is 36.3. The smallest absolute Gasteiger partial charge is 0.340 e. The van der Waals surface area contributed by atoms with Gasteiger partial charge in [0.15, 0.2) is 6.61 Å². The van der Waals surface area contributed by atoms with Crippen molar-refractivity contribution in [2.75, 3.05) is 19.0 Å². The Hall–Kier alpha value is -3.81. The zero-order valence-corrected chi connectivity index (χ0v) is 17.0. The number of benzene rings is 1. The number of anilines is 1. The monoisotopic (exact) mass is 409 g/mol. The lowest BCUT2D eigenvalue weighted by Crippen LogP contribution is -2.22. The number of hydrogen-bond acceptors (Lipinski definition) is 5. The number of aryl methyl sites for hydroxylation is 1. The summed E-state index contributed by atoms with van der Waals surface area (Å²) in [6.07, 6.45) is 1.60. The molecule has 3 rings (SSSR count). The zero-order valence-electron chi connectivity index (χ0n) is 17.0. The topological polar surface area (TPSA) is 103 Å². The summed E-state index contributed by atoms with van der Waals surface area (Å²) in [6.45, 7) is 3.76. The molecule has 0 aliphatic carbocycles. The molecule has 0 spiro atoms. The van der Waals surface area contributed by atoms with Gasteiger partial charge in [-0.15, -0.1) is 0 Å². The van der Waals surface area contributed by atoms with Crippen molar-refractivity contribution < 1.29 is 23.5 Å². The number of esters is 1. The molecule has 8 nitrogen and oxygen atoms in total. The molecule has 0 saturated heterocycles. The van der Waals surface area contributed by atoms with E-state index >= 15 is 0 Å². The number of hydrogen-bond donors (Lipinski definition) is 2. The van der Waals surface area contributed by atoms with Crippen molar-refractivity contribution in [2.45, 2.75) is 20.4 Å². The van der Waals surface area contributed by atoms with Gasteiger partial charge in [0.2, 0.25) is 0 Å². The van der Waals surface area contributed by atoms with Crippen LogP contribution in [-0.4, -0.2) is 36.0 Å². The number of rotatable bonds is 7. The quantitative estimate of drug-likeness (QED) is 0.584. The van der Waals surface area contributed by atoms with Crippen LogP contribution in [0, 0.1) is 13.8 Å². The Morgan fingerprint density at radius 1 is 1.10 bits per heavy atom. The summed E-state index contributed by atoms with van der Waals surface area (Å²) >= 11 is 0. The van der Waals surface area contributed by atoms with Crippen molar-refractivity contribution in [3.8, 4) is 0 Å². The van der Waals surface area contributed by atoms with Crippen LogP contribution in [-0.2, 0) is 16.1 Å². The van der Waals surface area contributed by atoms with Crippen LogP contribution in [0.25, 0.3) is 0 Å². The highest BCUT2D eigenvalue weighted by atomic mass is 16.5. The van der Waals surface area contributed by atoms with Crippen LogP contribution in [0.1, 0.15) is 37.9 Å². The molecule has 30 heavy (non-hydrogen) atoms. The van der Waals surface area contributed by atoms with Crippen LogP contribution in [0.3, 0.4) is 0 Å². The van der Waals surface area contributed by atoms with Crippen molar-refractivity contribution in [3.63, 3.8) is 0 Å². The second-order valence-electron chi connectivity index (χ2n) is 6.73. The normalized spacial score (nSPS) is 10.5. The number of furan rings is 1. The van der Waals surface area contributed by atoms with Gasteiger partial charge in [0.05, 0.1) is 18.4 Å². The van der Waals surface area contributed by atoms with Gasteiger partial charge >= 0.3 is 5.97 Å². The Morgan fingerprint density at radius 3 is 2.60 bits per heavy atom. The summed E-state index contributed by atoms with van der Waals surface area (Å²) in [5.41, 5.74) is 2.86. The Morgan fingerprint density at radius 2 is 1.90 bits per heavy atom. The van der Waals surface area contributed by atoms with E-state index in [1.54, 1.807) is 36.6 Å². The van der Waals surface area contributed by atoms with Crippen molar-refractivity contribution in [2.24, 2.45) is 0 Å². The second-order valence-corrected chi connectivity index (χ2v) is 6.73. The van der Waals surface area contributed by atoms with E-state index in [1.807, 2.05) is 30.5 Å². The molecule has 0 atom stereocenters. The van der Waals surface area contributed by atoms with Gasteiger partial charge in [-0.25, -0.2) is 4.79 Å². The van der Waals surface area contributed by atoms with E-state index in [4.69, 9.17) is 9.15 Å². The average molecular weight is 409 g/mol. The van der Waals surface area contributed by atoms with Crippen LogP contribution in [0.5, 0.6) is 0 Å². The van der Waals surface area contributed by atoms with Gasteiger partial charge in [-0.3, -0.25) is 9.59 Å². The summed E-state index contributed by atoms with van der Waals surface area (Å²) in [5, 5.41) is 5.13. The number of aromatic nitrogens is 1. The second kappa shape index (κ2) is 9.13. The Kier molecular flexibility index (Phi) is 6.36. The maximum Gasteiger partial charge on any atom is 0.340 e. The molecule has 0 aliphatic heterocycles. The first-order chi connectivity index (χ1) is 14.4. The van der Waals surface area contributed by atoms with Gasteiger partial charge in [-0.1, -0.05) is 6.07 Å². The lowest BCUT2D eigenvalue weighted by molar-refractivity contribution is -0.119. The molecule has 1 aromatic carbocycles. The lowest BCUT2D eigenvalue weighted by Gasteiger charge is -2.09. The highest BCUT2D eigenvalue weighted by Gasteiger charge is 2.19. The Bertz CT molecular complexity index is 1070. The van der Waals surface area contributed by atoms with Gasteiger partial charge in [0, 0.05) is 29.7 Å². The number of nitrogens with one attached hydrogen (secondary N) is 2. The van der Waals surface area contributed by atoms with Crippen LogP contribution in [0.2, 0.25) is 0 Å². The molecule has 8 heteroatoms. The highest BCUT2D eigenvalue weighted by Crippen LogP contribution is 2.18. The van der Waals surface area contributed by atoms with Crippen LogP contribution >= 0.6 is 0 Å². The first-order valence-corrected chi connectivity index (χ1v) is 9.37. The largest absolute Gasteiger partial charge is 0.467 e. The van der Waals surface area contributed by atoms with Crippen LogP contribution < -0.4 is 10.6 Å². The van der Waals surface area contributed by atoms with Crippen molar-refractivity contribution in [1.82, 2.24) is 9.88 Å². The molecule has 2 N–H and O–H groups in total. The SMILES string of the molecule is CNC(=O)c1cccc(NC(=O)COC(=O)c2cc(C)n(Cc3ccco3)c2C)c1. The number of amides is 2. The fraction of sp³-hybridized carbons (Fsp3) is 0.227. The molecule has 156 valence electrons.